The molecule has 98 valence electrons. The van der Waals surface area contributed by atoms with Crippen molar-refractivity contribution >= 4 is 5.91 Å². The van der Waals surface area contributed by atoms with Crippen LogP contribution in [0, 0.1) is 11.3 Å². The van der Waals surface area contributed by atoms with Crippen molar-refractivity contribution in [2.45, 2.75) is 45.1 Å². The summed E-state index contributed by atoms with van der Waals surface area (Å²) in [4.78, 5) is 12.4. The number of nitrogens with one attached hydrogen (secondary N) is 1. The molecule has 2 aliphatic rings. The normalized spacial score (nSPS) is 36.1. The standard InChI is InChI=1S/C13H24N2O2/c1-10-7-13(8-10,9-14)11(16)15-12(2)3-5-17-6-4-12/h10H,3-9,14H2,1-2H3,(H,15,16). The minimum Gasteiger partial charge on any atom is -0.381 e. The first-order chi connectivity index (χ1) is 8.00. The summed E-state index contributed by atoms with van der Waals surface area (Å²) in [6.07, 6.45) is 3.66. The van der Waals surface area contributed by atoms with Crippen molar-refractivity contribution in [3.63, 3.8) is 0 Å². The number of hydrogen-bond donors (Lipinski definition) is 2. The molecular weight excluding hydrogens is 216 g/mol. The van der Waals surface area contributed by atoms with E-state index in [9.17, 15) is 4.79 Å². The van der Waals surface area contributed by atoms with Gasteiger partial charge in [-0.15, -0.1) is 0 Å². The van der Waals surface area contributed by atoms with Gasteiger partial charge in [0.1, 0.15) is 0 Å². The molecule has 1 aliphatic carbocycles. The third-order valence-corrected chi connectivity index (χ3v) is 4.36. The molecule has 1 saturated carbocycles. The number of nitrogens with two attached hydrogens (primary N) is 1. The van der Waals surface area contributed by atoms with Gasteiger partial charge < -0.3 is 15.8 Å². The molecule has 0 spiro atoms. The topological polar surface area (TPSA) is 64.4 Å². The van der Waals surface area contributed by atoms with Gasteiger partial charge >= 0.3 is 0 Å². The van der Waals surface area contributed by atoms with Gasteiger partial charge in [-0.25, -0.2) is 0 Å². The van der Waals surface area contributed by atoms with Gasteiger partial charge in [-0.1, -0.05) is 6.92 Å². The van der Waals surface area contributed by atoms with Crippen LogP contribution >= 0.6 is 0 Å². The predicted octanol–water partition coefficient (Wildman–Crippen LogP) is 1.05. The van der Waals surface area contributed by atoms with Crippen LogP contribution < -0.4 is 11.1 Å². The second kappa shape index (κ2) is 4.58. The summed E-state index contributed by atoms with van der Waals surface area (Å²) in [7, 11) is 0. The fourth-order valence-corrected chi connectivity index (χ4v) is 3.07. The lowest BCUT2D eigenvalue weighted by atomic mass is 9.62. The lowest BCUT2D eigenvalue weighted by Crippen LogP contribution is -2.59. The van der Waals surface area contributed by atoms with Gasteiger partial charge in [0.15, 0.2) is 0 Å². The molecule has 4 heteroatoms. The monoisotopic (exact) mass is 240 g/mol. The molecule has 1 aliphatic heterocycles. The maximum absolute atomic E-state index is 12.4. The Morgan fingerprint density at radius 3 is 2.47 bits per heavy atom. The minimum atomic E-state index is -0.291. The third kappa shape index (κ3) is 2.47. The molecule has 1 saturated heterocycles. The lowest BCUT2D eigenvalue weighted by molar-refractivity contribution is -0.141. The van der Waals surface area contributed by atoms with Crippen LogP contribution in [0.25, 0.3) is 0 Å². The summed E-state index contributed by atoms with van der Waals surface area (Å²) in [6, 6.07) is 0. The summed E-state index contributed by atoms with van der Waals surface area (Å²) in [6.45, 7) is 6.23. The fraction of sp³-hybridized carbons (Fsp3) is 0.923. The average molecular weight is 240 g/mol. The van der Waals surface area contributed by atoms with E-state index in [1.54, 1.807) is 0 Å². The molecule has 2 rings (SSSR count). The minimum absolute atomic E-state index is 0.101. The highest BCUT2D eigenvalue weighted by atomic mass is 16.5. The lowest BCUT2D eigenvalue weighted by Gasteiger charge is -2.47. The highest BCUT2D eigenvalue weighted by molar-refractivity contribution is 5.84. The molecular formula is C13H24N2O2. The van der Waals surface area contributed by atoms with Crippen LogP contribution in [-0.4, -0.2) is 31.2 Å². The van der Waals surface area contributed by atoms with Crippen LogP contribution in [-0.2, 0) is 9.53 Å². The molecule has 0 aromatic heterocycles. The Hall–Kier alpha value is -0.610. The van der Waals surface area contributed by atoms with E-state index in [2.05, 4.69) is 19.2 Å². The zero-order chi connectivity index (χ0) is 12.5. The second-order valence-electron chi connectivity index (χ2n) is 6.13. The highest BCUT2D eigenvalue weighted by Crippen LogP contribution is 2.45. The van der Waals surface area contributed by atoms with Crippen LogP contribution in [0.15, 0.2) is 0 Å². The van der Waals surface area contributed by atoms with Crippen molar-refractivity contribution in [1.82, 2.24) is 5.32 Å². The molecule has 0 aromatic carbocycles. The highest BCUT2D eigenvalue weighted by Gasteiger charge is 2.48. The van der Waals surface area contributed by atoms with Gasteiger partial charge in [0, 0.05) is 25.3 Å². The molecule has 2 fully saturated rings. The summed E-state index contributed by atoms with van der Waals surface area (Å²) >= 11 is 0. The second-order valence-corrected chi connectivity index (χ2v) is 6.13. The molecule has 3 N–H and O–H groups in total. The molecule has 0 atom stereocenters. The van der Waals surface area contributed by atoms with Crippen LogP contribution in [0.4, 0.5) is 0 Å². The number of hydrogen-bond acceptors (Lipinski definition) is 3. The van der Waals surface area contributed by atoms with Crippen molar-refractivity contribution in [3.8, 4) is 0 Å². The maximum atomic E-state index is 12.4. The average Bonchev–Trinajstić information content (AvgIpc) is 2.24. The Labute approximate surface area is 103 Å². The molecule has 4 nitrogen and oxygen atoms in total. The summed E-state index contributed by atoms with van der Waals surface area (Å²) in [5.41, 5.74) is 5.40. The maximum Gasteiger partial charge on any atom is 0.227 e. The fourth-order valence-electron chi connectivity index (χ4n) is 3.07. The van der Waals surface area contributed by atoms with Crippen molar-refractivity contribution in [3.05, 3.63) is 0 Å². The molecule has 0 bridgehead atoms. The van der Waals surface area contributed by atoms with E-state index in [0.29, 0.717) is 12.5 Å². The van der Waals surface area contributed by atoms with Crippen LogP contribution in [0.5, 0.6) is 0 Å². The first-order valence-electron chi connectivity index (χ1n) is 6.60. The molecule has 1 amide bonds. The number of carbonyl (C=O) groups is 1. The number of rotatable bonds is 3. The Balaban J connectivity index is 1.96. The molecule has 0 radical (unpaired) electrons. The van der Waals surface area contributed by atoms with Gasteiger partial charge in [0.05, 0.1) is 5.41 Å². The summed E-state index contributed by atoms with van der Waals surface area (Å²) < 4.78 is 5.34. The zero-order valence-electron chi connectivity index (χ0n) is 10.9. The van der Waals surface area contributed by atoms with Crippen molar-refractivity contribution in [2.24, 2.45) is 17.1 Å². The third-order valence-electron chi connectivity index (χ3n) is 4.36. The Morgan fingerprint density at radius 2 is 2.00 bits per heavy atom. The Morgan fingerprint density at radius 1 is 1.41 bits per heavy atom. The van der Waals surface area contributed by atoms with Gasteiger partial charge in [0.2, 0.25) is 5.91 Å². The van der Waals surface area contributed by atoms with E-state index in [1.165, 1.54) is 0 Å². The molecule has 0 unspecified atom stereocenters. The largest absolute Gasteiger partial charge is 0.381 e. The van der Waals surface area contributed by atoms with Crippen molar-refractivity contribution in [1.29, 1.82) is 0 Å². The van der Waals surface area contributed by atoms with E-state index in [0.717, 1.165) is 38.9 Å². The zero-order valence-corrected chi connectivity index (χ0v) is 10.9. The van der Waals surface area contributed by atoms with Crippen LogP contribution in [0.1, 0.15) is 39.5 Å². The smallest absolute Gasteiger partial charge is 0.227 e. The number of ether oxygens (including phenoxy) is 1. The van der Waals surface area contributed by atoms with E-state index in [4.69, 9.17) is 10.5 Å². The first-order valence-corrected chi connectivity index (χ1v) is 6.60. The van der Waals surface area contributed by atoms with E-state index >= 15 is 0 Å². The SMILES string of the molecule is CC1CC(CN)(C(=O)NC2(C)CCOCC2)C1. The van der Waals surface area contributed by atoms with E-state index in [1.807, 2.05) is 0 Å². The Kier molecular flexibility index (Phi) is 3.46. The van der Waals surface area contributed by atoms with Gasteiger partial charge in [0.25, 0.3) is 0 Å². The number of carbonyl (C=O) groups excluding carboxylic acids is 1. The first kappa shape index (κ1) is 12.8. The quantitative estimate of drug-likeness (QED) is 0.775. The van der Waals surface area contributed by atoms with Gasteiger partial charge in [-0.3, -0.25) is 4.79 Å². The summed E-state index contributed by atoms with van der Waals surface area (Å²) in [5.74, 6) is 0.786. The van der Waals surface area contributed by atoms with Crippen molar-refractivity contribution in [2.75, 3.05) is 19.8 Å². The summed E-state index contributed by atoms with van der Waals surface area (Å²) in [5, 5.41) is 3.21. The van der Waals surface area contributed by atoms with E-state index in [-0.39, 0.29) is 16.9 Å². The molecule has 17 heavy (non-hydrogen) atoms. The number of amides is 1. The van der Waals surface area contributed by atoms with Crippen molar-refractivity contribution < 1.29 is 9.53 Å². The van der Waals surface area contributed by atoms with Gasteiger partial charge in [-0.2, -0.15) is 0 Å². The van der Waals surface area contributed by atoms with E-state index < -0.39 is 0 Å². The molecule has 1 heterocycles. The predicted molar refractivity (Wildman–Crippen MR) is 66.5 cm³/mol. The Bertz CT molecular complexity index is 292. The van der Waals surface area contributed by atoms with Crippen LogP contribution in [0.3, 0.4) is 0 Å². The molecule has 0 aromatic rings. The van der Waals surface area contributed by atoms with Gasteiger partial charge in [-0.05, 0) is 38.5 Å². The van der Waals surface area contributed by atoms with Crippen LogP contribution in [0.2, 0.25) is 0 Å².